The summed E-state index contributed by atoms with van der Waals surface area (Å²) in [6, 6.07) is 6.25. The third kappa shape index (κ3) is 4.26. The molecule has 1 N–H and O–H groups in total. The highest BCUT2D eigenvalue weighted by Crippen LogP contribution is 2.34. The minimum absolute atomic E-state index is 0. The zero-order valence-corrected chi connectivity index (χ0v) is 17.1. The molecule has 1 aromatic carbocycles. The Kier molecular flexibility index (Phi) is 6.60. The van der Waals surface area contributed by atoms with E-state index in [4.69, 9.17) is 9.47 Å². The van der Waals surface area contributed by atoms with E-state index in [1.807, 2.05) is 13.1 Å². The number of likely N-dealkylation sites (tertiary alicyclic amines) is 1. The number of halogens is 1. The number of hydrogen-bond acceptors (Lipinski definition) is 3. The highest BCUT2D eigenvalue weighted by atomic mass is 127. The molecule has 24 heavy (non-hydrogen) atoms. The van der Waals surface area contributed by atoms with Crippen molar-refractivity contribution in [2.75, 3.05) is 39.9 Å². The molecule has 0 spiro atoms. The summed E-state index contributed by atoms with van der Waals surface area (Å²) in [7, 11) is 1.86. The van der Waals surface area contributed by atoms with Crippen molar-refractivity contribution in [1.82, 2.24) is 10.2 Å². The van der Waals surface area contributed by atoms with E-state index in [1.54, 1.807) is 0 Å². The van der Waals surface area contributed by atoms with Crippen LogP contribution in [-0.4, -0.2) is 50.8 Å². The van der Waals surface area contributed by atoms with E-state index in [1.165, 1.54) is 18.4 Å². The third-order valence-corrected chi connectivity index (χ3v) is 4.63. The SMILES string of the molecule is CN=C(NCC(C)(C)c1ccc2c(c1)OCCO2)N1CCCC1.I. The Balaban J connectivity index is 0.00000208. The number of hydrogen-bond donors (Lipinski definition) is 1. The fraction of sp³-hybridized carbons (Fsp3) is 0.611. The number of aliphatic imine (C=N–C) groups is 1. The van der Waals surface area contributed by atoms with Gasteiger partial charge < -0.3 is 19.7 Å². The van der Waals surface area contributed by atoms with Crippen molar-refractivity contribution in [3.8, 4) is 11.5 Å². The molecule has 2 aliphatic rings. The average molecular weight is 445 g/mol. The number of ether oxygens (including phenoxy) is 2. The molecule has 0 unspecified atom stereocenters. The maximum atomic E-state index is 5.71. The van der Waals surface area contributed by atoms with Crippen LogP contribution in [0.4, 0.5) is 0 Å². The summed E-state index contributed by atoms with van der Waals surface area (Å²) in [5, 5.41) is 3.53. The van der Waals surface area contributed by atoms with E-state index in [-0.39, 0.29) is 29.4 Å². The molecule has 0 aromatic heterocycles. The van der Waals surface area contributed by atoms with Crippen LogP contribution in [0.3, 0.4) is 0 Å². The summed E-state index contributed by atoms with van der Waals surface area (Å²) >= 11 is 0. The van der Waals surface area contributed by atoms with Crippen LogP contribution in [0, 0.1) is 0 Å². The third-order valence-electron chi connectivity index (χ3n) is 4.63. The largest absolute Gasteiger partial charge is 0.486 e. The van der Waals surface area contributed by atoms with Crippen molar-refractivity contribution in [1.29, 1.82) is 0 Å². The van der Waals surface area contributed by atoms with E-state index >= 15 is 0 Å². The number of nitrogens with one attached hydrogen (secondary N) is 1. The standard InChI is InChI=1S/C18H27N3O2.HI/c1-18(2,13-20-17(19-3)21-8-4-5-9-21)14-6-7-15-16(12-14)23-11-10-22-15;/h6-7,12H,4-5,8-11,13H2,1-3H3,(H,19,20);1H. The van der Waals surface area contributed by atoms with Crippen molar-refractivity contribution in [3.63, 3.8) is 0 Å². The van der Waals surface area contributed by atoms with Crippen LogP contribution in [0.15, 0.2) is 23.2 Å². The fourth-order valence-corrected chi connectivity index (χ4v) is 3.13. The molecular formula is C18H28IN3O2. The van der Waals surface area contributed by atoms with E-state index in [2.05, 4.69) is 41.2 Å². The molecule has 134 valence electrons. The first kappa shape index (κ1) is 19.1. The Hall–Kier alpha value is -1.18. The van der Waals surface area contributed by atoms with Crippen LogP contribution in [0.2, 0.25) is 0 Å². The lowest BCUT2D eigenvalue weighted by molar-refractivity contribution is 0.171. The molecule has 5 nitrogen and oxygen atoms in total. The number of rotatable bonds is 3. The van der Waals surface area contributed by atoms with Gasteiger partial charge in [-0.15, -0.1) is 24.0 Å². The first-order valence-corrected chi connectivity index (χ1v) is 8.46. The zero-order chi connectivity index (χ0) is 16.3. The lowest BCUT2D eigenvalue weighted by atomic mass is 9.84. The summed E-state index contributed by atoms with van der Waals surface area (Å²) in [6.07, 6.45) is 2.51. The monoisotopic (exact) mass is 445 g/mol. The molecule has 1 aromatic rings. The maximum absolute atomic E-state index is 5.71. The molecule has 2 heterocycles. The van der Waals surface area contributed by atoms with Crippen LogP contribution in [-0.2, 0) is 5.41 Å². The highest BCUT2D eigenvalue weighted by Gasteiger charge is 2.25. The van der Waals surface area contributed by atoms with Gasteiger partial charge in [0, 0.05) is 32.1 Å². The van der Waals surface area contributed by atoms with Gasteiger partial charge in [-0.3, -0.25) is 4.99 Å². The molecule has 2 aliphatic heterocycles. The summed E-state index contributed by atoms with van der Waals surface area (Å²) in [4.78, 5) is 6.76. The van der Waals surface area contributed by atoms with Gasteiger partial charge in [0.1, 0.15) is 13.2 Å². The summed E-state index contributed by atoms with van der Waals surface area (Å²) in [5.41, 5.74) is 1.22. The van der Waals surface area contributed by atoms with Gasteiger partial charge in [-0.05, 0) is 30.5 Å². The Labute approximate surface area is 161 Å². The van der Waals surface area contributed by atoms with Crippen molar-refractivity contribution >= 4 is 29.9 Å². The fourth-order valence-electron chi connectivity index (χ4n) is 3.13. The molecular weight excluding hydrogens is 417 g/mol. The van der Waals surface area contributed by atoms with Gasteiger partial charge in [0.25, 0.3) is 0 Å². The van der Waals surface area contributed by atoms with Crippen molar-refractivity contribution in [2.24, 2.45) is 4.99 Å². The van der Waals surface area contributed by atoms with E-state index < -0.39 is 0 Å². The first-order valence-electron chi connectivity index (χ1n) is 8.46. The second kappa shape index (κ2) is 8.27. The van der Waals surface area contributed by atoms with E-state index in [0.29, 0.717) is 13.2 Å². The molecule has 3 rings (SSSR count). The summed E-state index contributed by atoms with van der Waals surface area (Å²) in [6.45, 7) is 8.76. The van der Waals surface area contributed by atoms with Gasteiger partial charge >= 0.3 is 0 Å². The minimum atomic E-state index is -0.0223. The van der Waals surface area contributed by atoms with Crippen LogP contribution < -0.4 is 14.8 Å². The molecule has 0 radical (unpaired) electrons. The number of benzene rings is 1. The first-order chi connectivity index (χ1) is 11.1. The summed E-state index contributed by atoms with van der Waals surface area (Å²) in [5.74, 6) is 2.70. The quantitative estimate of drug-likeness (QED) is 0.442. The van der Waals surface area contributed by atoms with Crippen molar-refractivity contribution < 1.29 is 9.47 Å². The van der Waals surface area contributed by atoms with Crippen molar-refractivity contribution in [2.45, 2.75) is 32.1 Å². The molecule has 0 atom stereocenters. The Morgan fingerprint density at radius 3 is 2.50 bits per heavy atom. The number of guanidine groups is 1. The Morgan fingerprint density at radius 2 is 1.83 bits per heavy atom. The van der Waals surface area contributed by atoms with Gasteiger partial charge in [0.15, 0.2) is 17.5 Å². The Morgan fingerprint density at radius 1 is 1.17 bits per heavy atom. The van der Waals surface area contributed by atoms with Gasteiger partial charge in [0.2, 0.25) is 0 Å². The summed E-state index contributed by atoms with van der Waals surface area (Å²) < 4.78 is 11.3. The molecule has 1 saturated heterocycles. The second-order valence-corrected chi connectivity index (χ2v) is 6.84. The van der Waals surface area contributed by atoms with Gasteiger partial charge in [-0.1, -0.05) is 19.9 Å². The molecule has 0 bridgehead atoms. The lowest BCUT2D eigenvalue weighted by Gasteiger charge is -2.30. The smallest absolute Gasteiger partial charge is 0.193 e. The van der Waals surface area contributed by atoms with Crippen molar-refractivity contribution in [3.05, 3.63) is 23.8 Å². The highest BCUT2D eigenvalue weighted by molar-refractivity contribution is 14.0. The predicted octanol–water partition coefficient (Wildman–Crippen LogP) is 3.02. The van der Waals surface area contributed by atoms with Crippen LogP contribution in [0.5, 0.6) is 11.5 Å². The molecule has 0 aliphatic carbocycles. The zero-order valence-electron chi connectivity index (χ0n) is 14.8. The van der Waals surface area contributed by atoms with Gasteiger partial charge in [-0.25, -0.2) is 0 Å². The molecule has 0 saturated carbocycles. The van der Waals surface area contributed by atoms with E-state index in [9.17, 15) is 0 Å². The van der Waals surface area contributed by atoms with Crippen LogP contribution in [0.25, 0.3) is 0 Å². The average Bonchev–Trinajstić information content (AvgIpc) is 3.09. The normalized spacial score (nSPS) is 17.5. The number of fused-ring (bicyclic) bond motifs is 1. The molecule has 6 heteroatoms. The van der Waals surface area contributed by atoms with Crippen LogP contribution >= 0.6 is 24.0 Å². The van der Waals surface area contributed by atoms with Gasteiger partial charge in [0.05, 0.1) is 0 Å². The lowest BCUT2D eigenvalue weighted by Crippen LogP contribution is -2.44. The van der Waals surface area contributed by atoms with E-state index in [0.717, 1.165) is 37.1 Å². The molecule has 0 amide bonds. The molecule has 1 fully saturated rings. The topological polar surface area (TPSA) is 46.1 Å². The predicted molar refractivity (Wildman–Crippen MR) is 108 cm³/mol. The van der Waals surface area contributed by atoms with Crippen LogP contribution in [0.1, 0.15) is 32.3 Å². The minimum Gasteiger partial charge on any atom is -0.486 e. The Bertz CT molecular complexity index is 584. The number of nitrogens with zero attached hydrogens (tertiary/aromatic N) is 2. The maximum Gasteiger partial charge on any atom is 0.193 e. The van der Waals surface area contributed by atoms with Gasteiger partial charge in [-0.2, -0.15) is 0 Å². The second-order valence-electron chi connectivity index (χ2n) is 6.84.